The minimum absolute atomic E-state index is 0.143. The molecule has 0 aliphatic heterocycles. The van der Waals surface area contributed by atoms with Gasteiger partial charge >= 0.3 is 0 Å². The molecule has 84 valence electrons. The maximum absolute atomic E-state index is 12.0. The topological polar surface area (TPSA) is 34.9 Å². The smallest absolute Gasteiger partial charge is 0.185 e. The first-order valence-corrected chi connectivity index (χ1v) is 6.31. The Labute approximate surface area is 98.7 Å². The van der Waals surface area contributed by atoms with Crippen LogP contribution in [0.4, 0.5) is 0 Å². The van der Waals surface area contributed by atoms with E-state index in [-0.39, 0.29) is 5.78 Å². The van der Waals surface area contributed by atoms with Gasteiger partial charge in [-0.2, -0.15) is 16.4 Å². The van der Waals surface area contributed by atoms with E-state index in [0.717, 1.165) is 18.5 Å². The van der Waals surface area contributed by atoms with Crippen LogP contribution in [0.3, 0.4) is 0 Å². The number of carbonyl (C=O) groups is 1. The summed E-state index contributed by atoms with van der Waals surface area (Å²) in [6.07, 6.45) is 3.15. The number of carbonyl (C=O) groups excluding carboxylic acids is 1. The number of rotatable bonds is 5. The monoisotopic (exact) mass is 234 g/mol. The number of hydrogen-bond acceptors (Lipinski definition) is 3. The van der Waals surface area contributed by atoms with E-state index in [1.807, 2.05) is 16.8 Å². The third-order valence-electron chi connectivity index (χ3n) is 2.38. The van der Waals surface area contributed by atoms with E-state index in [1.165, 1.54) is 0 Å². The highest BCUT2D eigenvalue weighted by Gasteiger charge is 2.12. The van der Waals surface area contributed by atoms with Crippen LogP contribution in [0.1, 0.15) is 29.4 Å². The second-order valence-electron chi connectivity index (χ2n) is 3.67. The molecule has 0 spiro atoms. The maximum Gasteiger partial charge on any atom is 0.185 e. The first-order valence-electron chi connectivity index (χ1n) is 5.37. The molecule has 4 heteroatoms. The van der Waals surface area contributed by atoms with E-state index >= 15 is 0 Å². The minimum Gasteiger partial charge on any atom is -0.292 e. The second-order valence-corrected chi connectivity index (χ2v) is 4.45. The average Bonchev–Trinajstić information content (AvgIpc) is 2.89. The zero-order valence-corrected chi connectivity index (χ0v) is 10.0. The largest absolute Gasteiger partial charge is 0.292 e. The van der Waals surface area contributed by atoms with Gasteiger partial charge in [-0.05, 0) is 34.9 Å². The summed E-state index contributed by atoms with van der Waals surface area (Å²) >= 11 is 1.62. The van der Waals surface area contributed by atoms with Gasteiger partial charge in [0.25, 0.3) is 0 Å². The van der Waals surface area contributed by atoms with Gasteiger partial charge in [0, 0.05) is 19.2 Å². The lowest BCUT2D eigenvalue weighted by Gasteiger charge is -2.04. The first kappa shape index (κ1) is 11.1. The Bertz CT molecular complexity index is 459. The van der Waals surface area contributed by atoms with Crippen LogP contribution < -0.4 is 0 Å². The Morgan fingerprint density at radius 2 is 2.38 bits per heavy atom. The molecule has 2 aromatic rings. The predicted octanol–water partition coefficient (Wildman–Crippen LogP) is 2.78. The number of hydrogen-bond donors (Lipinski definition) is 0. The van der Waals surface area contributed by atoms with Crippen molar-refractivity contribution in [2.45, 2.75) is 26.3 Å². The number of thiophene rings is 1. The fraction of sp³-hybridized carbons (Fsp3) is 0.333. The molecule has 0 saturated carbocycles. The van der Waals surface area contributed by atoms with E-state index in [0.29, 0.717) is 12.1 Å². The second kappa shape index (κ2) is 5.07. The molecule has 0 saturated heterocycles. The fourth-order valence-electron chi connectivity index (χ4n) is 1.63. The summed E-state index contributed by atoms with van der Waals surface area (Å²) in [6.45, 7) is 2.88. The van der Waals surface area contributed by atoms with Crippen molar-refractivity contribution in [3.63, 3.8) is 0 Å². The quantitative estimate of drug-likeness (QED) is 0.746. The molecule has 0 aliphatic rings. The van der Waals surface area contributed by atoms with Crippen molar-refractivity contribution in [1.29, 1.82) is 0 Å². The highest BCUT2D eigenvalue weighted by atomic mass is 32.1. The van der Waals surface area contributed by atoms with Crippen molar-refractivity contribution in [3.05, 3.63) is 40.3 Å². The Morgan fingerprint density at radius 3 is 3.06 bits per heavy atom. The van der Waals surface area contributed by atoms with Gasteiger partial charge in [0.15, 0.2) is 5.78 Å². The van der Waals surface area contributed by atoms with Crippen molar-refractivity contribution in [1.82, 2.24) is 9.78 Å². The van der Waals surface area contributed by atoms with Crippen molar-refractivity contribution in [2.24, 2.45) is 0 Å². The van der Waals surface area contributed by atoms with Gasteiger partial charge in [-0.3, -0.25) is 9.48 Å². The lowest BCUT2D eigenvalue weighted by atomic mass is 10.1. The molecule has 0 radical (unpaired) electrons. The van der Waals surface area contributed by atoms with Gasteiger partial charge < -0.3 is 0 Å². The molecule has 0 fully saturated rings. The number of aromatic nitrogens is 2. The van der Waals surface area contributed by atoms with Gasteiger partial charge in [-0.1, -0.05) is 6.92 Å². The van der Waals surface area contributed by atoms with Crippen LogP contribution in [-0.4, -0.2) is 15.6 Å². The summed E-state index contributed by atoms with van der Waals surface area (Å²) in [5, 5.41) is 8.16. The van der Waals surface area contributed by atoms with Gasteiger partial charge in [-0.15, -0.1) is 0 Å². The summed E-state index contributed by atoms with van der Waals surface area (Å²) in [6, 6.07) is 3.79. The van der Waals surface area contributed by atoms with E-state index < -0.39 is 0 Å². The van der Waals surface area contributed by atoms with Crippen molar-refractivity contribution < 1.29 is 4.79 Å². The third-order valence-corrected chi connectivity index (χ3v) is 3.11. The summed E-state index contributed by atoms with van der Waals surface area (Å²) in [5.74, 6) is 0.143. The molecular formula is C12H14N2OS. The van der Waals surface area contributed by atoms with Gasteiger partial charge in [0.1, 0.15) is 5.69 Å². The fourth-order valence-corrected chi connectivity index (χ4v) is 2.30. The van der Waals surface area contributed by atoms with Crippen molar-refractivity contribution in [2.75, 3.05) is 0 Å². The molecule has 0 unspecified atom stereocenters. The molecule has 2 aromatic heterocycles. The summed E-state index contributed by atoms with van der Waals surface area (Å²) in [7, 11) is 0. The third kappa shape index (κ3) is 2.39. The average molecular weight is 234 g/mol. The predicted molar refractivity (Wildman–Crippen MR) is 64.9 cm³/mol. The molecule has 3 nitrogen and oxygen atoms in total. The number of aryl methyl sites for hydroxylation is 1. The van der Waals surface area contributed by atoms with Crippen molar-refractivity contribution in [3.8, 4) is 0 Å². The highest BCUT2D eigenvalue weighted by molar-refractivity contribution is 7.08. The summed E-state index contributed by atoms with van der Waals surface area (Å²) in [4.78, 5) is 12.0. The molecule has 2 rings (SSSR count). The maximum atomic E-state index is 12.0. The number of ketones is 1. The van der Waals surface area contributed by atoms with E-state index in [4.69, 9.17) is 0 Å². The molecule has 0 aromatic carbocycles. The summed E-state index contributed by atoms with van der Waals surface area (Å²) < 4.78 is 1.79. The first-order chi connectivity index (χ1) is 7.81. The van der Waals surface area contributed by atoms with Crippen molar-refractivity contribution >= 4 is 17.1 Å². The zero-order valence-electron chi connectivity index (χ0n) is 9.22. The molecule has 0 atom stereocenters. The van der Waals surface area contributed by atoms with Gasteiger partial charge in [0.2, 0.25) is 0 Å². The number of Topliss-reactive ketones (excluding diaryl/α,β-unsaturated/α-hetero) is 1. The normalized spacial score (nSPS) is 10.6. The van der Waals surface area contributed by atoms with Crippen LogP contribution in [0, 0.1) is 0 Å². The van der Waals surface area contributed by atoms with Crippen LogP contribution >= 0.6 is 11.3 Å². The SMILES string of the molecule is CCCn1nccc1C(=O)Cc1ccsc1. The standard InChI is InChI=1S/C12H14N2OS/c1-2-6-14-11(3-5-13-14)12(15)8-10-4-7-16-9-10/h3-5,7,9H,2,6,8H2,1H3. The Hall–Kier alpha value is -1.42. The molecule has 0 bridgehead atoms. The lowest BCUT2D eigenvalue weighted by Crippen LogP contribution is -2.12. The van der Waals surface area contributed by atoms with Crippen LogP contribution in [0.15, 0.2) is 29.1 Å². The zero-order chi connectivity index (χ0) is 11.4. The minimum atomic E-state index is 0.143. The molecule has 0 N–H and O–H groups in total. The van der Waals surface area contributed by atoms with Crippen LogP contribution in [-0.2, 0) is 13.0 Å². The van der Waals surface area contributed by atoms with E-state index in [1.54, 1.807) is 28.3 Å². The highest BCUT2D eigenvalue weighted by Crippen LogP contribution is 2.11. The van der Waals surface area contributed by atoms with E-state index in [9.17, 15) is 4.79 Å². The van der Waals surface area contributed by atoms with Crippen LogP contribution in [0.5, 0.6) is 0 Å². The Balaban J connectivity index is 2.11. The molecule has 0 aliphatic carbocycles. The molecule has 16 heavy (non-hydrogen) atoms. The molecular weight excluding hydrogens is 220 g/mol. The van der Waals surface area contributed by atoms with Crippen LogP contribution in [0.25, 0.3) is 0 Å². The lowest BCUT2D eigenvalue weighted by molar-refractivity contribution is 0.0982. The van der Waals surface area contributed by atoms with Gasteiger partial charge in [-0.25, -0.2) is 0 Å². The summed E-state index contributed by atoms with van der Waals surface area (Å²) in [5.41, 5.74) is 1.80. The number of nitrogens with zero attached hydrogens (tertiary/aromatic N) is 2. The molecule has 0 amide bonds. The van der Waals surface area contributed by atoms with Crippen LogP contribution in [0.2, 0.25) is 0 Å². The Morgan fingerprint density at radius 1 is 1.50 bits per heavy atom. The van der Waals surface area contributed by atoms with Gasteiger partial charge in [0.05, 0.1) is 0 Å². The van der Waals surface area contributed by atoms with E-state index in [2.05, 4.69) is 12.0 Å². The Kier molecular flexibility index (Phi) is 3.51. The molecule has 2 heterocycles.